The van der Waals surface area contributed by atoms with Crippen molar-refractivity contribution < 1.29 is 14.3 Å². The van der Waals surface area contributed by atoms with Crippen LogP contribution in [0.1, 0.15) is 22.8 Å². The van der Waals surface area contributed by atoms with Crippen molar-refractivity contribution in [3.05, 3.63) is 95.0 Å². The van der Waals surface area contributed by atoms with Crippen molar-refractivity contribution >= 4 is 34.8 Å². The van der Waals surface area contributed by atoms with Gasteiger partial charge in [-0.05, 0) is 61.0 Å². The Morgan fingerprint density at radius 2 is 1.53 bits per heavy atom. The smallest absolute Gasteiger partial charge is 0.277 e. The summed E-state index contributed by atoms with van der Waals surface area (Å²) in [6.07, 6.45) is 0. The van der Waals surface area contributed by atoms with E-state index in [-0.39, 0.29) is 18.4 Å². The molecule has 0 spiro atoms. The Morgan fingerprint density at radius 1 is 0.900 bits per heavy atom. The molecule has 3 aromatic rings. The average Bonchev–Trinajstić information content (AvgIpc) is 2.77. The van der Waals surface area contributed by atoms with Gasteiger partial charge in [-0.1, -0.05) is 41.9 Å². The summed E-state index contributed by atoms with van der Waals surface area (Å²) < 4.78 is 5.37. The fourth-order valence-electron chi connectivity index (χ4n) is 2.51. The molecule has 2 amide bonds. The van der Waals surface area contributed by atoms with Crippen molar-refractivity contribution in [2.24, 2.45) is 5.10 Å². The third-order valence-corrected chi connectivity index (χ3v) is 4.38. The summed E-state index contributed by atoms with van der Waals surface area (Å²) in [6.45, 7) is 1.65. The number of hydrogen-bond acceptors (Lipinski definition) is 4. The zero-order chi connectivity index (χ0) is 21.3. The molecule has 6 nitrogen and oxygen atoms in total. The first-order valence-corrected chi connectivity index (χ1v) is 9.57. The Hall–Kier alpha value is -3.64. The van der Waals surface area contributed by atoms with Crippen molar-refractivity contribution in [2.45, 2.75) is 6.92 Å². The second kappa shape index (κ2) is 10.2. The molecule has 0 aliphatic rings. The lowest BCUT2D eigenvalue weighted by atomic mass is 10.1. The van der Waals surface area contributed by atoms with Crippen LogP contribution in [0.5, 0.6) is 5.75 Å². The fraction of sp³-hybridized carbons (Fsp3) is 0.0870. The molecule has 7 heteroatoms. The van der Waals surface area contributed by atoms with Crippen molar-refractivity contribution in [1.82, 2.24) is 5.43 Å². The lowest BCUT2D eigenvalue weighted by molar-refractivity contribution is -0.123. The van der Waals surface area contributed by atoms with E-state index in [4.69, 9.17) is 16.3 Å². The Morgan fingerprint density at radius 3 is 2.20 bits per heavy atom. The van der Waals surface area contributed by atoms with Gasteiger partial charge in [-0.25, -0.2) is 5.43 Å². The monoisotopic (exact) mass is 421 g/mol. The number of amides is 2. The van der Waals surface area contributed by atoms with Crippen LogP contribution in [0.2, 0.25) is 5.02 Å². The number of halogens is 1. The molecule has 3 rings (SSSR count). The van der Waals surface area contributed by atoms with Crippen molar-refractivity contribution in [1.29, 1.82) is 0 Å². The van der Waals surface area contributed by atoms with E-state index < -0.39 is 0 Å². The summed E-state index contributed by atoms with van der Waals surface area (Å²) in [7, 11) is 0. The summed E-state index contributed by atoms with van der Waals surface area (Å²) in [5.41, 5.74) is 5.06. The molecule has 0 heterocycles. The first-order chi connectivity index (χ1) is 14.5. The van der Waals surface area contributed by atoms with Gasteiger partial charge in [-0.15, -0.1) is 0 Å². The van der Waals surface area contributed by atoms with Gasteiger partial charge in [0.2, 0.25) is 0 Å². The minimum absolute atomic E-state index is 0.129. The second-order valence-corrected chi connectivity index (χ2v) is 6.81. The Bertz CT molecular complexity index is 1030. The molecule has 0 atom stereocenters. The van der Waals surface area contributed by atoms with Gasteiger partial charge >= 0.3 is 0 Å². The molecule has 0 bridgehead atoms. The number of rotatable bonds is 7. The summed E-state index contributed by atoms with van der Waals surface area (Å²) in [5.74, 6) is 0.0325. The molecule has 0 aliphatic carbocycles. The van der Waals surface area contributed by atoms with Crippen LogP contribution in [0.4, 0.5) is 5.69 Å². The highest BCUT2D eigenvalue weighted by Gasteiger charge is 2.07. The summed E-state index contributed by atoms with van der Waals surface area (Å²) in [6, 6.07) is 22.9. The number of carbonyl (C=O) groups is 2. The number of nitrogens with zero attached hydrogens (tertiary/aromatic N) is 1. The van der Waals surface area contributed by atoms with Crippen molar-refractivity contribution in [3.8, 4) is 5.75 Å². The summed E-state index contributed by atoms with van der Waals surface area (Å²) in [5, 5.41) is 7.48. The van der Waals surface area contributed by atoms with E-state index in [1.807, 2.05) is 30.3 Å². The van der Waals surface area contributed by atoms with E-state index in [2.05, 4.69) is 15.8 Å². The number of ether oxygens (including phenoxy) is 1. The number of hydrazone groups is 1. The van der Waals surface area contributed by atoms with Gasteiger partial charge in [0.25, 0.3) is 11.8 Å². The molecule has 0 saturated heterocycles. The Kier molecular flexibility index (Phi) is 7.19. The van der Waals surface area contributed by atoms with Gasteiger partial charge in [0.15, 0.2) is 6.61 Å². The largest absolute Gasteiger partial charge is 0.484 e. The SMILES string of the molecule is C/C(=N/NC(=O)COc1ccccc1)c1ccc(NC(=O)c2ccc(Cl)cc2)cc1. The van der Waals surface area contributed by atoms with Gasteiger partial charge in [0.05, 0.1) is 5.71 Å². The summed E-state index contributed by atoms with van der Waals surface area (Å²) >= 11 is 5.84. The number of anilines is 1. The van der Waals surface area contributed by atoms with Crippen molar-refractivity contribution in [2.75, 3.05) is 11.9 Å². The third-order valence-electron chi connectivity index (χ3n) is 4.13. The third kappa shape index (κ3) is 6.18. The zero-order valence-corrected chi connectivity index (χ0v) is 17.0. The minimum atomic E-state index is -0.356. The van der Waals surface area contributed by atoms with Crippen LogP contribution in [0.3, 0.4) is 0 Å². The average molecular weight is 422 g/mol. The maximum atomic E-state index is 12.2. The topological polar surface area (TPSA) is 79.8 Å². The molecule has 3 aromatic carbocycles. The number of carbonyl (C=O) groups excluding carboxylic acids is 2. The molecular weight excluding hydrogens is 402 g/mol. The Balaban J connectivity index is 1.52. The first kappa shape index (κ1) is 21.1. The van der Waals surface area contributed by atoms with Gasteiger partial charge in [-0.2, -0.15) is 5.10 Å². The van der Waals surface area contributed by atoms with Gasteiger partial charge < -0.3 is 10.1 Å². The predicted octanol–water partition coefficient (Wildman–Crippen LogP) is 4.51. The van der Waals surface area contributed by atoms with Crippen molar-refractivity contribution in [3.63, 3.8) is 0 Å². The maximum absolute atomic E-state index is 12.2. The molecular formula is C23H20ClN3O3. The standard InChI is InChI=1S/C23H20ClN3O3/c1-16(26-27-22(28)15-30-21-5-3-2-4-6-21)17-9-13-20(14-10-17)25-23(29)18-7-11-19(24)12-8-18/h2-14H,15H2,1H3,(H,25,29)(H,27,28)/b26-16-. The molecule has 2 N–H and O–H groups in total. The van der Waals surface area contributed by atoms with Crippen LogP contribution in [-0.2, 0) is 4.79 Å². The molecule has 0 aliphatic heterocycles. The lowest BCUT2D eigenvalue weighted by Crippen LogP contribution is -2.25. The highest BCUT2D eigenvalue weighted by atomic mass is 35.5. The number of para-hydroxylation sites is 1. The predicted molar refractivity (Wildman–Crippen MR) is 118 cm³/mol. The van der Waals surface area contributed by atoms with Crippen LogP contribution in [0, 0.1) is 0 Å². The van der Waals surface area contributed by atoms with E-state index in [1.54, 1.807) is 55.5 Å². The quantitative estimate of drug-likeness (QED) is 0.435. The fourth-order valence-corrected chi connectivity index (χ4v) is 2.63. The van der Waals surface area contributed by atoms with Gasteiger partial charge in [-0.3, -0.25) is 9.59 Å². The second-order valence-electron chi connectivity index (χ2n) is 6.37. The summed E-state index contributed by atoms with van der Waals surface area (Å²) in [4.78, 5) is 24.1. The van der Waals surface area contributed by atoms with Crippen LogP contribution < -0.4 is 15.5 Å². The highest BCUT2D eigenvalue weighted by Crippen LogP contribution is 2.14. The first-order valence-electron chi connectivity index (χ1n) is 9.19. The van der Waals surface area contributed by atoms with Gasteiger partial charge in [0, 0.05) is 16.3 Å². The lowest BCUT2D eigenvalue weighted by Gasteiger charge is -2.08. The van der Waals surface area contributed by atoms with E-state index >= 15 is 0 Å². The minimum Gasteiger partial charge on any atom is -0.484 e. The van der Waals surface area contributed by atoms with E-state index in [9.17, 15) is 9.59 Å². The van der Waals surface area contributed by atoms with E-state index in [0.29, 0.717) is 27.7 Å². The molecule has 0 fully saturated rings. The van der Waals surface area contributed by atoms with Crippen LogP contribution >= 0.6 is 11.6 Å². The molecule has 0 radical (unpaired) electrons. The van der Waals surface area contributed by atoms with E-state index in [1.165, 1.54) is 0 Å². The van der Waals surface area contributed by atoms with E-state index in [0.717, 1.165) is 5.56 Å². The van der Waals surface area contributed by atoms with Crippen LogP contribution in [0.25, 0.3) is 0 Å². The molecule has 0 unspecified atom stereocenters. The normalized spacial score (nSPS) is 10.9. The number of benzene rings is 3. The number of hydrogen-bond donors (Lipinski definition) is 2. The van der Waals surface area contributed by atoms with Crippen LogP contribution in [-0.4, -0.2) is 24.1 Å². The Labute approximate surface area is 179 Å². The molecule has 0 saturated carbocycles. The number of nitrogens with one attached hydrogen (secondary N) is 2. The molecule has 152 valence electrons. The molecule has 30 heavy (non-hydrogen) atoms. The highest BCUT2D eigenvalue weighted by molar-refractivity contribution is 6.30. The zero-order valence-electron chi connectivity index (χ0n) is 16.3. The van der Waals surface area contributed by atoms with Gasteiger partial charge in [0.1, 0.15) is 5.75 Å². The maximum Gasteiger partial charge on any atom is 0.277 e. The van der Waals surface area contributed by atoms with Crippen LogP contribution in [0.15, 0.2) is 84.0 Å². The molecule has 0 aromatic heterocycles.